The van der Waals surface area contributed by atoms with Crippen LogP contribution in [0.2, 0.25) is 0 Å². The molecule has 136 valence electrons. The minimum Gasteiger partial charge on any atom is -0.407 e. The summed E-state index contributed by atoms with van der Waals surface area (Å²) in [5.74, 6) is 0.115. The summed E-state index contributed by atoms with van der Waals surface area (Å²) in [6.45, 7) is 6.16. The van der Waals surface area contributed by atoms with Crippen LogP contribution >= 0.6 is 11.8 Å². The van der Waals surface area contributed by atoms with Gasteiger partial charge >= 0.3 is 6.01 Å². The molecule has 0 aliphatic carbocycles. The van der Waals surface area contributed by atoms with Crippen LogP contribution in [0.25, 0.3) is 0 Å². The largest absolute Gasteiger partial charge is 0.407 e. The summed E-state index contributed by atoms with van der Waals surface area (Å²) >= 11 is 1.82. The van der Waals surface area contributed by atoms with Crippen molar-refractivity contribution in [3.05, 3.63) is 53.2 Å². The summed E-state index contributed by atoms with van der Waals surface area (Å²) in [5.41, 5.74) is 2.27. The molecule has 3 aromatic rings. The number of benzene rings is 1. The molecule has 0 atom stereocenters. The molecule has 8 heteroatoms. The number of aromatic nitrogens is 4. The number of anilines is 1. The Labute approximate surface area is 156 Å². The maximum atomic E-state index is 12.2. The van der Waals surface area contributed by atoms with E-state index in [0.717, 1.165) is 11.3 Å². The molecule has 2 aromatic heterocycles. The lowest BCUT2D eigenvalue weighted by Gasteiger charge is -2.05. The van der Waals surface area contributed by atoms with Crippen molar-refractivity contribution >= 4 is 23.7 Å². The topological polar surface area (TPSA) is 85.8 Å². The van der Waals surface area contributed by atoms with Crippen LogP contribution in [0.5, 0.6) is 0 Å². The van der Waals surface area contributed by atoms with Gasteiger partial charge in [0.2, 0.25) is 5.89 Å². The number of thioether (sulfide) groups is 1. The summed E-state index contributed by atoms with van der Waals surface area (Å²) in [4.78, 5) is 13.5. The van der Waals surface area contributed by atoms with E-state index < -0.39 is 0 Å². The lowest BCUT2D eigenvalue weighted by Crippen LogP contribution is -2.16. The Hall–Kier alpha value is -2.61. The highest BCUT2D eigenvalue weighted by Gasteiger charge is 2.15. The molecule has 0 aliphatic rings. The SMILES string of the molecule is Cc1cc(C(=O)Nc2nnc(Cc3ccc(SC(C)C)cc3)o2)n(C)n1. The number of hydrogen-bond donors (Lipinski definition) is 1. The smallest absolute Gasteiger partial charge is 0.322 e. The van der Waals surface area contributed by atoms with Crippen LogP contribution in [0.1, 0.15) is 41.5 Å². The van der Waals surface area contributed by atoms with Gasteiger partial charge in [-0.3, -0.25) is 14.8 Å². The van der Waals surface area contributed by atoms with Gasteiger partial charge in [0.1, 0.15) is 5.69 Å². The zero-order valence-electron chi connectivity index (χ0n) is 15.2. The number of rotatable bonds is 6. The number of hydrogen-bond acceptors (Lipinski definition) is 6. The van der Waals surface area contributed by atoms with Crippen LogP contribution in [0, 0.1) is 6.92 Å². The summed E-state index contributed by atoms with van der Waals surface area (Å²) in [7, 11) is 1.71. The third-order valence-electron chi connectivity index (χ3n) is 3.57. The van der Waals surface area contributed by atoms with E-state index >= 15 is 0 Å². The highest BCUT2D eigenvalue weighted by Crippen LogP contribution is 2.23. The monoisotopic (exact) mass is 371 g/mol. The summed E-state index contributed by atoms with van der Waals surface area (Å²) in [5, 5.41) is 15.2. The molecular weight excluding hydrogens is 350 g/mol. The Morgan fingerprint density at radius 3 is 2.62 bits per heavy atom. The van der Waals surface area contributed by atoms with Crippen molar-refractivity contribution in [2.45, 2.75) is 37.3 Å². The van der Waals surface area contributed by atoms with Gasteiger partial charge in [0.25, 0.3) is 5.91 Å². The van der Waals surface area contributed by atoms with Gasteiger partial charge in [-0.2, -0.15) is 5.10 Å². The second-order valence-corrected chi connectivity index (χ2v) is 7.89. The van der Waals surface area contributed by atoms with Crippen molar-refractivity contribution in [2.75, 3.05) is 5.32 Å². The second-order valence-electron chi connectivity index (χ2n) is 6.24. The second kappa shape index (κ2) is 7.74. The van der Waals surface area contributed by atoms with Crippen molar-refractivity contribution in [3.8, 4) is 0 Å². The van der Waals surface area contributed by atoms with Crippen LogP contribution < -0.4 is 5.32 Å². The molecule has 0 bridgehead atoms. The third-order valence-corrected chi connectivity index (χ3v) is 4.59. The summed E-state index contributed by atoms with van der Waals surface area (Å²) in [6, 6.07) is 10.0. The maximum absolute atomic E-state index is 12.2. The molecule has 0 fully saturated rings. The van der Waals surface area contributed by atoms with Gasteiger partial charge in [-0.15, -0.1) is 16.9 Å². The predicted octanol–water partition coefficient (Wildman–Crippen LogP) is 3.46. The highest BCUT2D eigenvalue weighted by molar-refractivity contribution is 7.99. The molecule has 0 aliphatic heterocycles. The van der Waals surface area contributed by atoms with Gasteiger partial charge in [-0.05, 0) is 30.7 Å². The van der Waals surface area contributed by atoms with E-state index in [1.54, 1.807) is 13.1 Å². The van der Waals surface area contributed by atoms with Gasteiger partial charge in [0.15, 0.2) is 0 Å². The number of carbonyl (C=O) groups excluding carboxylic acids is 1. The van der Waals surface area contributed by atoms with E-state index in [1.807, 2.05) is 30.8 Å². The Bertz CT molecular complexity index is 899. The van der Waals surface area contributed by atoms with E-state index in [9.17, 15) is 4.79 Å². The fourth-order valence-electron chi connectivity index (χ4n) is 2.49. The minimum absolute atomic E-state index is 0.0795. The average Bonchev–Trinajstić information content (AvgIpc) is 3.14. The molecule has 0 saturated carbocycles. The number of nitrogens with one attached hydrogen (secondary N) is 1. The Morgan fingerprint density at radius 2 is 2.00 bits per heavy atom. The van der Waals surface area contributed by atoms with Crippen LogP contribution in [0.3, 0.4) is 0 Å². The molecule has 1 N–H and O–H groups in total. The van der Waals surface area contributed by atoms with E-state index in [-0.39, 0.29) is 11.9 Å². The van der Waals surface area contributed by atoms with E-state index in [0.29, 0.717) is 23.3 Å². The normalized spacial score (nSPS) is 11.1. The van der Waals surface area contributed by atoms with Crippen LogP contribution in [-0.2, 0) is 13.5 Å². The van der Waals surface area contributed by atoms with Crippen molar-refractivity contribution < 1.29 is 9.21 Å². The van der Waals surface area contributed by atoms with Gasteiger partial charge in [0, 0.05) is 17.2 Å². The van der Waals surface area contributed by atoms with Gasteiger partial charge < -0.3 is 4.42 Å². The zero-order valence-corrected chi connectivity index (χ0v) is 16.0. The van der Waals surface area contributed by atoms with E-state index in [1.165, 1.54) is 9.58 Å². The van der Waals surface area contributed by atoms with Crippen molar-refractivity contribution in [1.82, 2.24) is 20.0 Å². The van der Waals surface area contributed by atoms with Crippen LogP contribution in [0.4, 0.5) is 6.01 Å². The summed E-state index contributed by atoms with van der Waals surface area (Å²) < 4.78 is 7.04. The molecule has 3 rings (SSSR count). The molecule has 0 radical (unpaired) electrons. The number of carbonyl (C=O) groups is 1. The van der Waals surface area contributed by atoms with Crippen LogP contribution in [0.15, 0.2) is 39.6 Å². The maximum Gasteiger partial charge on any atom is 0.322 e. The first-order valence-electron chi connectivity index (χ1n) is 8.30. The molecular formula is C18H21N5O2S. The molecule has 1 amide bonds. The van der Waals surface area contributed by atoms with Gasteiger partial charge in [-0.1, -0.05) is 31.1 Å². The standard InChI is InChI=1S/C18H21N5O2S/c1-11(2)26-14-7-5-13(6-8-14)10-16-20-21-18(25-16)19-17(24)15-9-12(3)22-23(15)4/h5-9,11H,10H2,1-4H3,(H,19,21,24). The zero-order chi connectivity index (χ0) is 18.7. The minimum atomic E-state index is -0.335. The molecule has 0 saturated heterocycles. The quantitative estimate of drug-likeness (QED) is 0.668. The third kappa shape index (κ3) is 4.51. The lowest BCUT2D eigenvalue weighted by molar-refractivity contribution is 0.101. The lowest BCUT2D eigenvalue weighted by atomic mass is 10.1. The first-order chi connectivity index (χ1) is 12.4. The fraction of sp³-hybridized carbons (Fsp3) is 0.333. The molecule has 1 aromatic carbocycles. The number of nitrogens with zero attached hydrogens (tertiary/aromatic N) is 4. The molecule has 26 heavy (non-hydrogen) atoms. The van der Waals surface area contributed by atoms with Crippen LogP contribution in [-0.4, -0.2) is 31.1 Å². The van der Waals surface area contributed by atoms with Crippen molar-refractivity contribution in [3.63, 3.8) is 0 Å². The van der Waals surface area contributed by atoms with E-state index in [2.05, 4.69) is 46.6 Å². The Morgan fingerprint density at radius 1 is 1.27 bits per heavy atom. The average molecular weight is 371 g/mol. The number of amides is 1. The first-order valence-corrected chi connectivity index (χ1v) is 9.18. The van der Waals surface area contributed by atoms with Gasteiger partial charge in [0.05, 0.1) is 12.1 Å². The molecule has 0 unspecified atom stereocenters. The molecule has 0 spiro atoms. The molecule has 7 nitrogen and oxygen atoms in total. The first kappa shape index (κ1) is 18.2. The van der Waals surface area contributed by atoms with Gasteiger partial charge in [-0.25, -0.2) is 0 Å². The summed E-state index contributed by atoms with van der Waals surface area (Å²) in [6.07, 6.45) is 0.514. The number of aryl methyl sites for hydroxylation is 2. The Balaban J connectivity index is 1.62. The fourth-order valence-corrected chi connectivity index (χ4v) is 3.33. The van der Waals surface area contributed by atoms with Crippen molar-refractivity contribution in [2.24, 2.45) is 7.05 Å². The van der Waals surface area contributed by atoms with Crippen molar-refractivity contribution in [1.29, 1.82) is 0 Å². The Kier molecular flexibility index (Phi) is 5.41. The van der Waals surface area contributed by atoms with E-state index in [4.69, 9.17) is 4.42 Å². The molecule has 2 heterocycles. The predicted molar refractivity (Wildman–Crippen MR) is 100 cm³/mol. The highest BCUT2D eigenvalue weighted by atomic mass is 32.2.